The Labute approximate surface area is 165 Å². The lowest BCUT2D eigenvalue weighted by atomic mass is 10.2. The zero-order chi connectivity index (χ0) is 19.9. The molecule has 0 radical (unpaired) electrons. The summed E-state index contributed by atoms with van der Waals surface area (Å²) < 4.78 is 37.3. The van der Waals surface area contributed by atoms with Crippen LogP contribution < -0.4 is 0 Å². The average molecular weight is 422 g/mol. The topological polar surface area (TPSA) is 110 Å². The zero-order valence-electron chi connectivity index (χ0n) is 15.3. The minimum absolute atomic E-state index is 0.101. The highest BCUT2D eigenvalue weighted by atomic mass is 32.2. The van der Waals surface area contributed by atoms with Crippen molar-refractivity contribution in [2.75, 3.05) is 26.2 Å². The third-order valence-electron chi connectivity index (χ3n) is 4.58. The molecule has 28 heavy (non-hydrogen) atoms. The number of nitrogens with zero attached hydrogens (tertiary/aromatic N) is 4. The summed E-state index contributed by atoms with van der Waals surface area (Å²) in [5, 5.41) is 9.50. The Morgan fingerprint density at radius 2 is 1.89 bits per heavy atom. The molecular weight excluding hydrogens is 404 g/mol. The first-order valence-corrected chi connectivity index (χ1v) is 10.9. The van der Waals surface area contributed by atoms with Crippen molar-refractivity contribution in [2.24, 2.45) is 0 Å². The standard InChI is InChI=1S/C17H18N4O5S2/c1-11-16(12(2)25-18-11)28(23,24)21-7-5-20(6-8-21)17(22)13-10-14(26-19-13)15-4-3-9-27-15/h3-4,9-10H,5-8H2,1-2H3. The van der Waals surface area contributed by atoms with E-state index in [2.05, 4.69) is 10.3 Å². The predicted molar refractivity (Wildman–Crippen MR) is 100 cm³/mol. The number of rotatable bonds is 4. The molecule has 0 spiro atoms. The number of hydrogen-bond donors (Lipinski definition) is 0. The lowest BCUT2D eigenvalue weighted by Gasteiger charge is -2.33. The van der Waals surface area contributed by atoms with Gasteiger partial charge in [0, 0.05) is 32.2 Å². The molecule has 11 heteroatoms. The Balaban J connectivity index is 1.45. The second-order valence-corrected chi connectivity index (χ2v) is 9.23. The van der Waals surface area contributed by atoms with Crippen molar-refractivity contribution < 1.29 is 22.3 Å². The molecule has 1 amide bonds. The van der Waals surface area contributed by atoms with Crippen LogP contribution in [0.3, 0.4) is 0 Å². The Bertz CT molecular complexity index is 1070. The van der Waals surface area contributed by atoms with Crippen molar-refractivity contribution in [2.45, 2.75) is 18.7 Å². The molecule has 0 aliphatic carbocycles. The fourth-order valence-electron chi connectivity index (χ4n) is 3.18. The van der Waals surface area contributed by atoms with E-state index in [0.29, 0.717) is 11.5 Å². The maximum Gasteiger partial charge on any atom is 0.276 e. The van der Waals surface area contributed by atoms with Crippen molar-refractivity contribution in [3.63, 3.8) is 0 Å². The van der Waals surface area contributed by atoms with E-state index in [1.807, 2.05) is 17.5 Å². The molecule has 1 fully saturated rings. The highest BCUT2D eigenvalue weighted by Crippen LogP contribution is 2.27. The molecule has 0 atom stereocenters. The van der Waals surface area contributed by atoms with Crippen LogP contribution >= 0.6 is 11.3 Å². The van der Waals surface area contributed by atoms with Crippen LogP contribution in [0, 0.1) is 13.8 Å². The van der Waals surface area contributed by atoms with Gasteiger partial charge in [-0.25, -0.2) is 8.42 Å². The monoisotopic (exact) mass is 422 g/mol. The van der Waals surface area contributed by atoms with Crippen molar-refractivity contribution in [3.8, 4) is 10.6 Å². The third-order valence-corrected chi connectivity index (χ3v) is 7.61. The molecule has 3 aromatic rings. The van der Waals surface area contributed by atoms with Crippen molar-refractivity contribution in [3.05, 3.63) is 40.7 Å². The molecule has 4 rings (SSSR count). The van der Waals surface area contributed by atoms with Crippen LogP contribution in [0.1, 0.15) is 21.9 Å². The summed E-state index contributed by atoms with van der Waals surface area (Å²) in [6.45, 7) is 4.08. The normalized spacial score (nSPS) is 15.9. The minimum atomic E-state index is -3.71. The minimum Gasteiger partial charge on any atom is -0.360 e. The summed E-state index contributed by atoms with van der Waals surface area (Å²) in [4.78, 5) is 15.3. The predicted octanol–water partition coefficient (Wildman–Crippen LogP) is 2.15. The quantitative estimate of drug-likeness (QED) is 0.633. The molecular formula is C17H18N4O5S2. The molecule has 148 valence electrons. The highest BCUT2D eigenvalue weighted by molar-refractivity contribution is 7.89. The van der Waals surface area contributed by atoms with Gasteiger partial charge < -0.3 is 13.9 Å². The molecule has 0 saturated carbocycles. The van der Waals surface area contributed by atoms with Crippen molar-refractivity contribution in [1.29, 1.82) is 0 Å². The Hall–Kier alpha value is -2.50. The zero-order valence-corrected chi connectivity index (χ0v) is 16.9. The number of hydrogen-bond acceptors (Lipinski definition) is 8. The van der Waals surface area contributed by atoms with Gasteiger partial charge in [0.25, 0.3) is 5.91 Å². The van der Waals surface area contributed by atoms with E-state index in [1.54, 1.807) is 24.8 Å². The van der Waals surface area contributed by atoms with Gasteiger partial charge in [-0.15, -0.1) is 11.3 Å². The Morgan fingerprint density at radius 1 is 1.14 bits per heavy atom. The Morgan fingerprint density at radius 3 is 2.50 bits per heavy atom. The number of carbonyl (C=O) groups excluding carboxylic acids is 1. The summed E-state index contributed by atoms with van der Waals surface area (Å²) >= 11 is 1.50. The van der Waals surface area contributed by atoms with Crippen molar-refractivity contribution in [1.82, 2.24) is 19.5 Å². The van der Waals surface area contributed by atoms with E-state index >= 15 is 0 Å². The van der Waals surface area contributed by atoms with Crippen LogP contribution in [0.2, 0.25) is 0 Å². The molecule has 0 unspecified atom stereocenters. The van der Waals surface area contributed by atoms with Crippen LogP contribution in [0.25, 0.3) is 10.6 Å². The molecule has 0 N–H and O–H groups in total. The van der Waals surface area contributed by atoms with Gasteiger partial charge >= 0.3 is 0 Å². The molecule has 0 aromatic carbocycles. The first kappa shape index (κ1) is 18.8. The molecule has 1 aliphatic heterocycles. The van der Waals surface area contributed by atoms with Gasteiger partial charge in [0.2, 0.25) is 10.0 Å². The SMILES string of the molecule is Cc1noc(C)c1S(=O)(=O)N1CCN(C(=O)c2cc(-c3cccs3)on2)CC1. The third kappa shape index (κ3) is 3.25. The fourth-order valence-corrected chi connectivity index (χ4v) is 5.56. The van der Waals surface area contributed by atoms with Crippen LogP contribution in [-0.4, -0.2) is 60.0 Å². The van der Waals surface area contributed by atoms with Gasteiger partial charge in [0.15, 0.2) is 17.2 Å². The second kappa shape index (κ2) is 7.15. The maximum absolute atomic E-state index is 12.9. The number of thiophene rings is 1. The summed E-state index contributed by atoms with van der Waals surface area (Å²) in [5.41, 5.74) is 0.546. The van der Waals surface area contributed by atoms with Gasteiger partial charge in [0.05, 0.1) is 4.88 Å². The van der Waals surface area contributed by atoms with E-state index in [0.717, 1.165) is 4.88 Å². The number of aromatic nitrogens is 2. The molecule has 4 heterocycles. The van der Waals surface area contributed by atoms with Crippen LogP contribution in [0.4, 0.5) is 0 Å². The summed E-state index contributed by atoms with van der Waals surface area (Å²) in [5.74, 6) is 0.527. The van der Waals surface area contributed by atoms with Gasteiger partial charge in [0.1, 0.15) is 10.6 Å². The number of amides is 1. The van der Waals surface area contributed by atoms with Crippen LogP contribution in [0.15, 0.2) is 37.5 Å². The van der Waals surface area contributed by atoms with E-state index < -0.39 is 10.0 Å². The number of piperazine rings is 1. The van der Waals surface area contributed by atoms with E-state index in [1.165, 1.54) is 15.6 Å². The van der Waals surface area contributed by atoms with Crippen molar-refractivity contribution >= 4 is 27.3 Å². The summed E-state index contributed by atoms with van der Waals surface area (Å²) in [6.07, 6.45) is 0. The average Bonchev–Trinajstić information content (AvgIpc) is 3.42. The Kier molecular flexibility index (Phi) is 4.81. The highest BCUT2D eigenvalue weighted by Gasteiger charge is 2.34. The van der Waals surface area contributed by atoms with Gasteiger partial charge in [-0.2, -0.15) is 4.31 Å². The van der Waals surface area contributed by atoms with Gasteiger partial charge in [-0.05, 0) is 25.3 Å². The van der Waals surface area contributed by atoms with E-state index in [4.69, 9.17) is 9.05 Å². The van der Waals surface area contributed by atoms with E-state index in [-0.39, 0.29) is 48.4 Å². The summed E-state index contributed by atoms with van der Waals surface area (Å²) in [7, 11) is -3.71. The molecule has 3 aromatic heterocycles. The molecule has 1 aliphatic rings. The van der Waals surface area contributed by atoms with E-state index in [9.17, 15) is 13.2 Å². The first-order valence-electron chi connectivity index (χ1n) is 8.61. The lowest BCUT2D eigenvalue weighted by molar-refractivity contribution is 0.0687. The van der Waals surface area contributed by atoms with Crippen LogP contribution in [-0.2, 0) is 10.0 Å². The number of aryl methyl sites for hydroxylation is 2. The van der Waals surface area contributed by atoms with Crippen LogP contribution in [0.5, 0.6) is 0 Å². The maximum atomic E-state index is 12.9. The largest absolute Gasteiger partial charge is 0.360 e. The summed E-state index contributed by atoms with van der Waals surface area (Å²) in [6, 6.07) is 5.39. The van der Waals surface area contributed by atoms with Gasteiger partial charge in [-0.3, -0.25) is 4.79 Å². The first-order chi connectivity index (χ1) is 13.4. The molecule has 9 nitrogen and oxygen atoms in total. The lowest BCUT2D eigenvalue weighted by Crippen LogP contribution is -2.50. The number of sulfonamides is 1. The molecule has 1 saturated heterocycles. The fraction of sp³-hybridized carbons (Fsp3) is 0.353. The smallest absolute Gasteiger partial charge is 0.276 e. The number of carbonyl (C=O) groups is 1. The molecule has 0 bridgehead atoms. The van der Waals surface area contributed by atoms with Gasteiger partial charge in [-0.1, -0.05) is 16.4 Å². The second-order valence-electron chi connectivity index (χ2n) is 6.40.